The molecule has 0 heterocycles. The number of nitrogens with zero attached hydrogens (tertiary/aromatic N) is 1. The minimum Gasteiger partial charge on any atom is -0.444 e. The molecule has 0 aliphatic heterocycles. The summed E-state index contributed by atoms with van der Waals surface area (Å²) in [5, 5.41) is 4.09. The number of hydrogen-bond acceptors (Lipinski definition) is 5. The smallest absolute Gasteiger partial charge is 0.408 e. The van der Waals surface area contributed by atoms with E-state index in [0.29, 0.717) is 0 Å². The van der Waals surface area contributed by atoms with Crippen LogP contribution < -0.4 is 5.32 Å². The van der Waals surface area contributed by atoms with Crippen LogP contribution in [0.25, 0.3) is 0 Å². The van der Waals surface area contributed by atoms with Gasteiger partial charge in [-0.3, -0.25) is 4.84 Å². The number of hydrogen-bond donors (Lipinski definition) is 1. The Labute approximate surface area is 120 Å². The SMILES string of the molecule is CON(C)C(=C=O)[C@@H](NC(=O)OC(C)(C)C)C1CCC1. The van der Waals surface area contributed by atoms with Crippen LogP contribution in [0.2, 0.25) is 0 Å². The Morgan fingerprint density at radius 1 is 1.40 bits per heavy atom. The molecule has 6 nitrogen and oxygen atoms in total. The fourth-order valence-electron chi connectivity index (χ4n) is 2.04. The van der Waals surface area contributed by atoms with Gasteiger partial charge in [-0.1, -0.05) is 6.42 Å². The number of ether oxygens (including phenoxy) is 1. The Morgan fingerprint density at radius 3 is 2.35 bits per heavy atom. The Balaban J connectivity index is 2.79. The van der Waals surface area contributed by atoms with Gasteiger partial charge in [-0.2, -0.15) is 0 Å². The van der Waals surface area contributed by atoms with E-state index in [1.165, 1.54) is 12.2 Å². The molecule has 0 aromatic rings. The summed E-state index contributed by atoms with van der Waals surface area (Å²) in [6, 6.07) is -0.430. The number of hydroxylamine groups is 2. The average Bonchev–Trinajstić information content (AvgIpc) is 2.24. The summed E-state index contributed by atoms with van der Waals surface area (Å²) in [6.07, 6.45) is 2.48. The molecule has 0 bridgehead atoms. The van der Waals surface area contributed by atoms with Gasteiger partial charge in [0.15, 0.2) is 0 Å². The highest BCUT2D eigenvalue weighted by molar-refractivity contribution is 5.70. The molecular formula is C14H24N2O4. The van der Waals surface area contributed by atoms with Gasteiger partial charge in [0.2, 0.25) is 0 Å². The lowest BCUT2D eigenvalue weighted by atomic mass is 9.78. The third-order valence-electron chi connectivity index (χ3n) is 3.31. The lowest BCUT2D eigenvalue weighted by Gasteiger charge is -2.36. The Bertz CT molecular complexity index is 392. The first-order valence-electron chi connectivity index (χ1n) is 6.81. The molecule has 1 rings (SSSR count). The van der Waals surface area contributed by atoms with Gasteiger partial charge in [-0.15, -0.1) is 0 Å². The van der Waals surface area contributed by atoms with Crippen LogP contribution in [-0.4, -0.2) is 42.9 Å². The molecule has 0 aromatic carbocycles. The van der Waals surface area contributed by atoms with Gasteiger partial charge < -0.3 is 10.1 Å². The van der Waals surface area contributed by atoms with Gasteiger partial charge in [-0.05, 0) is 39.5 Å². The van der Waals surface area contributed by atoms with Crippen molar-refractivity contribution >= 4 is 12.0 Å². The van der Waals surface area contributed by atoms with Crippen molar-refractivity contribution in [2.24, 2.45) is 5.92 Å². The number of alkyl carbamates (subject to hydrolysis) is 1. The monoisotopic (exact) mass is 284 g/mol. The maximum absolute atomic E-state index is 11.9. The summed E-state index contributed by atoms with van der Waals surface area (Å²) in [7, 11) is 3.07. The number of carbonyl (C=O) groups excluding carboxylic acids is 2. The zero-order chi connectivity index (χ0) is 15.3. The number of likely N-dealkylation sites (N-methyl/N-ethyl adjacent to an activating group) is 1. The highest BCUT2D eigenvalue weighted by atomic mass is 16.7. The second kappa shape index (κ2) is 6.77. The normalized spacial score (nSPS) is 16.6. The fraction of sp³-hybridized carbons (Fsp3) is 0.786. The number of carbonyl (C=O) groups is 1. The Hall–Kier alpha value is -1.52. The standard InChI is InChI=1S/C14H24N2O4/c1-14(2,3)20-13(18)15-12(10-7-6-8-10)11(9-17)16(4)19-5/h10,12H,6-8H2,1-5H3,(H,15,18)/t12-/m0/s1. The molecule has 1 atom stereocenters. The van der Waals surface area contributed by atoms with Crippen molar-refractivity contribution in [3.63, 3.8) is 0 Å². The van der Waals surface area contributed by atoms with Crippen molar-refractivity contribution in [2.75, 3.05) is 14.2 Å². The largest absolute Gasteiger partial charge is 0.444 e. The molecule has 1 aliphatic carbocycles. The predicted molar refractivity (Wildman–Crippen MR) is 74.5 cm³/mol. The van der Waals surface area contributed by atoms with Gasteiger partial charge in [-0.25, -0.2) is 14.7 Å². The van der Waals surface area contributed by atoms with E-state index < -0.39 is 17.7 Å². The summed E-state index contributed by atoms with van der Waals surface area (Å²) < 4.78 is 5.24. The molecule has 114 valence electrons. The summed E-state index contributed by atoms with van der Waals surface area (Å²) in [5.74, 6) is 2.09. The van der Waals surface area contributed by atoms with Crippen LogP contribution in [0.15, 0.2) is 5.70 Å². The van der Waals surface area contributed by atoms with Gasteiger partial charge in [0.05, 0.1) is 13.2 Å². The van der Waals surface area contributed by atoms with Crippen LogP contribution in [0.5, 0.6) is 0 Å². The van der Waals surface area contributed by atoms with Gasteiger partial charge >= 0.3 is 6.09 Å². The fourth-order valence-corrected chi connectivity index (χ4v) is 2.04. The molecule has 0 radical (unpaired) electrons. The second-order valence-electron chi connectivity index (χ2n) is 5.98. The minimum absolute atomic E-state index is 0.219. The van der Waals surface area contributed by atoms with Crippen molar-refractivity contribution in [1.29, 1.82) is 0 Å². The molecule has 1 fully saturated rings. The first-order valence-corrected chi connectivity index (χ1v) is 6.81. The van der Waals surface area contributed by atoms with Gasteiger partial charge in [0.1, 0.15) is 17.2 Å². The van der Waals surface area contributed by atoms with Crippen LogP contribution in [0, 0.1) is 5.92 Å². The zero-order valence-electron chi connectivity index (χ0n) is 12.9. The van der Waals surface area contributed by atoms with Crippen molar-refractivity contribution < 1.29 is 19.2 Å². The van der Waals surface area contributed by atoms with E-state index in [4.69, 9.17) is 9.57 Å². The molecular weight excluding hydrogens is 260 g/mol. The lowest BCUT2D eigenvalue weighted by Crippen LogP contribution is -2.49. The molecule has 0 saturated heterocycles. The number of amides is 1. The van der Waals surface area contributed by atoms with E-state index in [1.54, 1.807) is 27.8 Å². The highest BCUT2D eigenvalue weighted by Gasteiger charge is 2.35. The molecule has 1 saturated carbocycles. The first kappa shape index (κ1) is 16.5. The third kappa shape index (κ3) is 4.54. The van der Waals surface area contributed by atoms with Crippen molar-refractivity contribution in [1.82, 2.24) is 10.4 Å². The molecule has 0 aromatic heterocycles. The molecule has 1 N–H and O–H groups in total. The van der Waals surface area contributed by atoms with Crippen LogP contribution >= 0.6 is 0 Å². The third-order valence-corrected chi connectivity index (χ3v) is 3.31. The summed E-state index contributed by atoms with van der Waals surface area (Å²) in [5.41, 5.74) is -0.296. The van der Waals surface area contributed by atoms with E-state index in [2.05, 4.69) is 5.32 Å². The maximum Gasteiger partial charge on any atom is 0.408 e. The number of rotatable bonds is 5. The Morgan fingerprint density at radius 2 is 2.00 bits per heavy atom. The molecule has 6 heteroatoms. The van der Waals surface area contributed by atoms with E-state index in [9.17, 15) is 9.59 Å². The average molecular weight is 284 g/mol. The van der Waals surface area contributed by atoms with Crippen molar-refractivity contribution in [2.45, 2.75) is 51.7 Å². The van der Waals surface area contributed by atoms with E-state index in [1.807, 2.05) is 5.94 Å². The summed E-state index contributed by atoms with van der Waals surface area (Å²) in [4.78, 5) is 28.1. The van der Waals surface area contributed by atoms with E-state index >= 15 is 0 Å². The Kier molecular flexibility index (Phi) is 5.60. The number of nitrogens with one attached hydrogen (secondary N) is 1. The quantitative estimate of drug-likeness (QED) is 0.617. The molecule has 0 unspecified atom stereocenters. The molecule has 1 amide bonds. The van der Waals surface area contributed by atoms with Gasteiger partial charge in [0, 0.05) is 7.05 Å². The molecule has 20 heavy (non-hydrogen) atoms. The maximum atomic E-state index is 11.9. The van der Waals surface area contributed by atoms with E-state index in [0.717, 1.165) is 19.3 Å². The van der Waals surface area contributed by atoms with Gasteiger partial charge in [0.25, 0.3) is 0 Å². The molecule has 0 spiro atoms. The first-order chi connectivity index (χ1) is 9.28. The minimum atomic E-state index is -0.577. The second-order valence-corrected chi connectivity index (χ2v) is 5.98. The highest BCUT2D eigenvalue weighted by Crippen LogP contribution is 2.32. The zero-order valence-corrected chi connectivity index (χ0v) is 12.9. The van der Waals surface area contributed by atoms with Crippen molar-refractivity contribution in [3.8, 4) is 0 Å². The van der Waals surface area contributed by atoms with Crippen LogP contribution in [0.3, 0.4) is 0 Å². The van der Waals surface area contributed by atoms with Crippen LogP contribution in [0.4, 0.5) is 4.79 Å². The van der Waals surface area contributed by atoms with Crippen LogP contribution in [-0.2, 0) is 14.4 Å². The summed E-state index contributed by atoms with van der Waals surface area (Å²) >= 11 is 0. The van der Waals surface area contributed by atoms with Crippen LogP contribution in [0.1, 0.15) is 40.0 Å². The summed E-state index contributed by atoms with van der Waals surface area (Å²) in [6.45, 7) is 5.38. The lowest BCUT2D eigenvalue weighted by molar-refractivity contribution is -0.0851. The topological polar surface area (TPSA) is 67.9 Å². The predicted octanol–water partition coefficient (Wildman–Crippen LogP) is 1.89. The molecule has 1 aliphatic rings. The van der Waals surface area contributed by atoms with Crippen molar-refractivity contribution in [3.05, 3.63) is 5.70 Å². The van der Waals surface area contributed by atoms with E-state index in [-0.39, 0.29) is 11.6 Å².